The summed E-state index contributed by atoms with van der Waals surface area (Å²) < 4.78 is 5.83. The predicted molar refractivity (Wildman–Crippen MR) is 145 cm³/mol. The summed E-state index contributed by atoms with van der Waals surface area (Å²) in [5.41, 5.74) is 4.23. The number of phenols is 1. The van der Waals surface area contributed by atoms with Crippen LogP contribution in [-0.4, -0.2) is 38.4 Å². The van der Waals surface area contributed by atoms with Gasteiger partial charge in [0, 0.05) is 16.4 Å². The lowest BCUT2D eigenvalue weighted by Gasteiger charge is -2.10. The number of aromatic hydroxyl groups is 1. The van der Waals surface area contributed by atoms with E-state index in [1.165, 1.54) is 0 Å². The third-order valence-electron chi connectivity index (χ3n) is 6.06. The molecule has 36 heavy (non-hydrogen) atoms. The van der Waals surface area contributed by atoms with E-state index in [1.807, 2.05) is 49.4 Å². The standard InChI is InChI=1S/C29H35N3O3S/c1-3-4-9-22-18-21(2)19-28(29(22)34)32-30-26-15-14-25(20-27(26)31-32)36-24-12-10-23(11-13-24)35-17-8-6-5-7-16-33/h10-15,18-20,33-34H,3-9,16-17H2,1-2H3. The molecule has 0 fully saturated rings. The van der Waals surface area contributed by atoms with Gasteiger partial charge in [0.05, 0.1) is 6.61 Å². The van der Waals surface area contributed by atoms with Crippen LogP contribution in [0.15, 0.2) is 64.4 Å². The van der Waals surface area contributed by atoms with Crippen LogP contribution in [0.4, 0.5) is 0 Å². The molecule has 0 saturated heterocycles. The number of aryl methyl sites for hydroxylation is 2. The number of aliphatic hydroxyl groups excluding tert-OH is 1. The molecule has 0 aliphatic carbocycles. The summed E-state index contributed by atoms with van der Waals surface area (Å²) in [4.78, 5) is 3.74. The van der Waals surface area contributed by atoms with Gasteiger partial charge in [-0.2, -0.15) is 0 Å². The Labute approximate surface area is 217 Å². The largest absolute Gasteiger partial charge is 0.505 e. The van der Waals surface area contributed by atoms with Gasteiger partial charge in [-0.15, -0.1) is 15.0 Å². The van der Waals surface area contributed by atoms with E-state index in [9.17, 15) is 5.11 Å². The van der Waals surface area contributed by atoms with E-state index in [1.54, 1.807) is 16.6 Å². The van der Waals surface area contributed by atoms with Crippen molar-refractivity contribution in [2.45, 2.75) is 68.6 Å². The van der Waals surface area contributed by atoms with Crippen molar-refractivity contribution in [1.29, 1.82) is 0 Å². The molecule has 1 aromatic heterocycles. The lowest BCUT2D eigenvalue weighted by molar-refractivity contribution is 0.273. The van der Waals surface area contributed by atoms with Gasteiger partial charge in [-0.1, -0.05) is 37.6 Å². The summed E-state index contributed by atoms with van der Waals surface area (Å²) in [6.07, 6.45) is 6.93. The van der Waals surface area contributed by atoms with Gasteiger partial charge in [0.1, 0.15) is 28.2 Å². The Morgan fingerprint density at radius 2 is 1.61 bits per heavy atom. The maximum atomic E-state index is 10.9. The van der Waals surface area contributed by atoms with Crippen molar-refractivity contribution in [2.75, 3.05) is 13.2 Å². The van der Waals surface area contributed by atoms with Gasteiger partial charge in [0.25, 0.3) is 0 Å². The number of rotatable bonds is 13. The molecule has 4 rings (SSSR count). The van der Waals surface area contributed by atoms with Gasteiger partial charge < -0.3 is 14.9 Å². The molecule has 0 spiro atoms. The number of benzene rings is 3. The molecule has 0 atom stereocenters. The van der Waals surface area contributed by atoms with Gasteiger partial charge in [-0.25, -0.2) is 0 Å². The fourth-order valence-electron chi connectivity index (χ4n) is 4.11. The number of unbranched alkanes of at least 4 members (excludes halogenated alkanes) is 4. The predicted octanol–water partition coefficient (Wildman–Crippen LogP) is 6.86. The molecule has 190 valence electrons. The zero-order valence-electron chi connectivity index (χ0n) is 21.1. The molecule has 7 heteroatoms. The molecule has 0 aliphatic rings. The van der Waals surface area contributed by atoms with E-state index >= 15 is 0 Å². The molecule has 4 aromatic rings. The molecule has 6 nitrogen and oxygen atoms in total. The van der Waals surface area contributed by atoms with Gasteiger partial charge in [-0.05, 0) is 98.7 Å². The number of phenolic OH excluding ortho intramolecular Hbond substituents is 1. The summed E-state index contributed by atoms with van der Waals surface area (Å²) in [7, 11) is 0. The van der Waals surface area contributed by atoms with E-state index in [2.05, 4.69) is 29.3 Å². The number of nitrogens with zero attached hydrogens (tertiary/aromatic N) is 3. The molecule has 0 bridgehead atoms. The Kier molecular flexibility index (Phi) is 9.25. The van der Waals surface area contributed by atoms with Crippen molar-refractivity contribution in [3.63, 3.8) is 0 Å². The molecule has 0 aliphatic heterocycles. The first kappa shape index (κ1) is 26.0. The second-order valence-corrected chi connectivity index (χ2v) is 10.2. The highest BCUT2D eigenvalue weighted by molar-refractivity contribution is 7.99. The number of aliphatic hydroxyl groups is 1. The number of aromatic nitrogens is 3. The monoisotopic (exact) mass is 505 g/mol. The molecule has 0 unspecified atom stereocenters. The highest BCUT2D eigenvalue weighted by atomic mass is 32.2. The second kappa shape index (κ2) is 12.8. The lowest BCUT2D eigenvalue weighted by Crippen LogP contribution is -2.02. The third kappa shape index (κ3) is 6.80. The van der Waals surface area contributed by atoms with Crippen LogP contribution in [0.2, 0.25) is 0 Å². The number of hydrogen-bond acceptors (Lipinski definition) is 6. The highest BCUT2D eigenvalue weighted by Gasteiger charge is 2.14. The quantitative estimate of drug-likeness (QED) is 0.193. The molecule has 2 N–H and O–H groups in total. The van der Waals surface area contributed by atoms with Crippen LogP contribution >= 0.6 is 11.8 Å². The van der Waals surface area contributed by atoms with Gasteiger partial charge in [-0.3, -0.25) is 0 Å². The summed E-state index contributed by atoms with van der Waals surface area (Å²) in [6, 6.07) is 18.2. The second-order valence-electron chi connectivity index (χ2n) is 9.10. The van der Waals surface area contributed by atoms with Crippen molar-refractivity contribution in [1.82, 2.24) is 15.0 Å². The minimum Gasteiger partial charge on any atom is -0.505 e. The van der Waals surface area contributed by atoms with Crippen LogP contribution in [0.5, 0.6) is 11.5 Å². The molecule has 1 heterocycles. The minimum absolute atomic E-state index is 0.261. The van der Waals surface area contributed by atoms with Crippen LogP contribution in [0.3, 0.4) is 0 Å². The maximum Gasteiger partial charge on any atom is 0.146 e. The van der Waals surface area contributed by atoms with Crippen LogP contribution < -0.4 is 4.74 Å². The lowest BCUT2D eigenvalue weighted by atomic mass is 10.0. The van der Waals surface area contributed by atoms with E-state index in [0.29, 0.717) is 12.3 Å². The molecule has 0 radical (unpaired) electrons. The number of fused-ring (bicyclic) bond motifs is 1. The summed E-state index contributed by atoms with van der Waals surface area (Å²) in [5.74, 6) is 1.13. The van der Waals surface area contributed by atoms with Crippen molar-refractivity contribution < 1.29 is 14.9 Å². The van der Waals surface area contributed by atoms with Crippen molar-refractivity contribution in [3.8, 4) is 17.2 Å². The average molecular weight is 506 g/mol. The van der Waals surface area contributed by atoms with Gasteiger partial charge in [0.15, 0.2) is 0 Å². The molecule has 3 aromatic carbocycles. The normalized spacial score (nSPS) is 11.3. The first-order valence-corrected chi connectivity index (χ1v) is 13.6. The number of ether oxygens (including phenoxy) is 1. The zero-order chi connectivity index (χ0) is 25.3. The van der Waals surface area contributed by atoms with E-state index in [4.69, 9.17) is 9.84 Å². The van der Waals surface area contributed by atoms with Crippen LogP contribution in [0.1, 0.15) is 56.6 Å². The first-order valence-electron chi connectivity index (χ1n) is 12.8. The van der Waals surface area contributed by atoms with Gasteiger partial charge >= 0.3 is 0 Å². The average Bonchev–Trinajstić information content (AvgIpc) is 3.30. The maximum absolute atomic E-state index is 10.9. The van der Waals surface area contributed by atoms with E-state index in [0.717, 1.165) is 82.6 Å². The Balaban J connectivity index is 1.43. The third-order valence-corrected chi connectivity index (χ3v) is 7.06. The molecular weight excluding hydrogens is 470 g/mol. The van der Waals surface area contributed by atoms with E-state index < -0.39 is 0 Å². The summed E-state index contributed by atoms with van der Waals surface area (Å²) >= 11 is 1.67. The number of hydrogen-bond donors (Lipinski definition) is 2. The Morgan fingerprint density at radius 1 is 0.861 bits per heavy atom. The fourth-order valence-corrected chi connectivity index (χ4v) is 4.96. The topological polar surface area (TPSA) is 80.4 Å². The minimum atomic E-state index is 0.261. The summed E-state index contributed by atoms with van der Waals surface area (Å²) in [5, 5.41) is 29.0. The van der Waals surface area contributed by atoms with Crippen molar-refractivity contribution >= 4 is 22.8 Å². The molecule has 0 amide bonds. The van der Waals surface area contributed by atoms with Gasteiger partial charge in [0.2, 0.25) is 0 Å². The summed E-state index contributed by atoms with van der Waals surface area (Å²) in [6.45, 7) is 5.14. The smallest absolute Gasteiger partial charge is 0.146 e. The fraction of sp³-hybridized carbons (Fsp3) is 0.379. The highest BCUT2D eigenvalue weighted by Crippen LogP contribution is 2.32. The molecular formula is C29H35N3O3S. The van der Waals surface area contributed by atoms with Crippen LogP contribution in [0, 0.1) is 6.92 Å². The van der Waals surface area contributed by atoms with E-state index in [-0.39, 0.29) is 12.4 Å². The zero-order valence-corrected chi connectivity index (χ0v) is 21.9. The Bertz CT molecular complexity index is 1270. The Hall–Kier alpha value is -3.03. The Morgan fingerprint density at radius 3 is 2.39 bits per heavy atom. The molecule has 0 saturated carbocycles. The van der Waals surface area contributed by atoms with Crippen molar-refractivity contribution in [3.05, 3.63) is 65.7 Å². The van der Waals surface area contributed by atoms with Crippen molar-refractivity contribution in [2.24, 2.45) is 0 Å². The first-order chi connectivity index (χ1) is 17.6. The van der Waals surface area contributed by atoms with Crippen LogP contribution in [0.25, 0.3) is 16.7 Å². The SMILES string of the molecule is CCCCc1cc(C)cc(-n2nc3ccc(Sc4ccc(OCCCCCCO)cc4)cc3n2)c1O. The van der Waals surface area contributed by atoms with Crippen LogP contribution in [-0.2, 0) is 6.42 Å².